The minimum absolute atomic E-state index is 0.296. The van der Waals surface area contributed by atoms with Gasteiger partial charge in [-0.3, -0.25) is 0 Å². The van der Waals surface area contributed by atoms with E-state index in [1.807, 2.05) is 24.3 Å². The Morgan fingerprint density at radius 1 is 1.15 bits per heavy atom. The number of nitrogens with zero attached hydrogens (tertiary/aromatic N) is 1. The zero-order valence-electron chi connectivity index (χ0n) is 14.3. The third-order valence-electron chi connectivity index (χ3n) is 4.46. The van der Waals surface area contributed by atoms with Gasteiger partial charge >= 0.3 is 6.03 Å². The number of para-hydroxylation sites is 1. The molecule has 4 nitrogen and oxygen atoms in total. The second-order valence-corrected chi connectivity index (χ2v) is 9.00. The van der Waals surface area contributed by atoms with Gasteiger partial charge in [-0.2, -0.15) is 9.36 Å². The van der Waals surface area contributed by atoms with Crippen LogP contribution >= 0.6 is 34.8 Å². The van der Waals surface area contributed by atoms with Crippen molar-refractivity contribution < 1.29 is 9.36 Å². The lowest BCUT2D eigenvalue weighted by atomic mass is 9.83. The smallest absolute Gasteiger partial charge is 0.358 e. The highest BCUT2D eigenvalue weighted by molar-refractivity contribution is 6.68. The zero-order valence-corrected chi connectivity index (χ0v) is 16.6. The standard InChI is InChI=1S/C19H18Cl3N3O/c1-18(2)13-8-4-5-9-14(13)23-15(18)12-16(19(20,21)22)24-17(26)25-10-6-3-7-11-25/h3-12,16,23H,1-2H3/p+1/b15-12-. The molecule has 0 saturated heterocycles. The molecule has 2 N–H and O–H groups in total. The van der Waals surface area contributed by atoms with Crippen LogP contribution in [0.15, 0.2) is 66.6 Å². The van der Waals surface area contributed by atoms with Crippen molar-refractivity contribution in [1.29, 1.82) is 0 Å². The van der Waals surface area contributed by atoms with Crippen molar-refractivity contribution in [2.24, 2.45) is 0 Å². The number of anilines is 1. The molecule has 2 heterocycles. The van der Waals surface area contributed by atoms with Gasteiger partial charge in [0.1, 0.15) is 0 Å². The molecule has 0 spiro atoms. The Morgan fingerprint density at radius 2 is 1.81 bits per heavy atom. The van der Waals surface area contributed by atoms with Gasteiger partial charge in [-0.15, -0.1) is 0 Å². The predicted octanol–water partition coefficient (Wildman–Crippen LogP) is 4.56. The number of fused-ring (bicyclic) bond motifs is 1. The van der Waals surface area contributed by atoms with E-state index in [9.17, 15) is 4.79 Å². The highest BCUT2D eigenvalue weighted by atomic mass is 35.6. The molecule has 2 aromatic rings. The van der Waals surface area contributed by atoms with Crippen molar-refractivity contribution in [2.75, 3.05) is 5.32 Å². The summed E-state index contributed by atoms with van der Waals surface area (Å²) >= 11 is 18.4. The molecule has 1 amide bonds. The summed E-state index contributed by atoms with van der Waals surface area (Å²) < 4.78 is -0.311. The first-order valence-electron chi connectivity index (χ1n) is 8.12. The molecule has 1 unspecified atom stereocenters. The van der Waals surface area contributed by atoms with Gasteiger partial charge in [0.2, 0.25) is 3.79 Å². The van der Waals surface area contributed by atoms with Crippen LogP contribution in [0.1, 0.15) is 19.4 Å². The van der Waals surface area contributed by atoms with E-state index in [1.165, 1.54) is 4.57 Å². The van der Waals surface area contributed by atoms with Crippen LogP contribution in [0.4, 0.5) is 10.5 Å². The number of benzene rings is 1. The molecule has 0 bridgehead atoms. The number of carbonyl (C=O) groups is 1. The third kappa shape index (κ3) is 3.83. The van der Waals surface area contributed by atoms with Crippen LogP contribution in [-0.4, -0.2) is 15.9 Å². The molecular formula is C19H19Cl3N3O+. The molecule has 1 aliphatic heterocycles. The van der Waals surface area contributed by atoms with E-state index in [0.29, 0.717) is 0 Å². The molecule has 7 heteroatoms. The molecule has 1 atom stereocenters. The van der Waals surface area contributed by atoms with Gasteiger partial charge in [0, 0.05) is 16.8 Å². The molecule has 136 valence electrons. The van der Waals surface area contributed by atoms with Gasteiger partial charge < -0.3 is 5.32 Å². The molecule has 1 aromatic heterocycles. The van der Waals surface area contributed by atoms with E-state index >= 15 is 0 Å². The maximum Gasteiger partial charge on any atom is 0.496 e. The molecule has 3 rings (SSSR count). The molecule has 0 aliphatic carbocycles. The van der Waals surface area contributed by atoms with E-state index in [2.05, 4.69) is 30.5 Å². The van der Waals surface area contributed by atoms with Crippen LogP contribution in [-0.2, 0) is 5.41 Å². The topological polar surface area (TPSA) is 45.0 Å². The Kier molecular flexibility index (Phi) is 5.20. The summed E-state index contributed by atoms with van der Waals surface area (Å²) in [6, 6.07) is 12.1. The summed E-state index contributed by atoms with van der Waals surface area (Å²) in [6.45, 7) is 4.17. The van der Waals surface area contributed by atoms with Crippen molar-refractivity contribution in [1.82, 2.24) is 5.32 Å². The van der Waals surface area contributed by atoms with Crippen molar-refractivity contribution in [3.8, 4) is 0 Å². The SMILES string of the molecule is CC1(C)/C(=C/C(NC(=O)[n+]2ccccc2)C(Cl)(Cl)Cl)Nc2ccccc21. The lowest BCUT2D eigenvalue weighted by Gasteiger charge is -2.24. The molecule has 1 aromatic carbocycles. The fourth-order valence-corrected chi connectivity index (χ4v) is 3.31. The van der Waals surface area contributed by atoms with Crippen LogP contribution in [0.25, 0.3) is 0 Å². The van der Waals surface area contributed by atoms with Crippen molar-refractivity contribution in [3.05, 3.63) is 72.2 Å². The lowest BCUT2D eigenvalue weighted by molar-refractivity contribution is -0.572. The monoisotopic (exact) mass is 410 g/mol. The maximum atomic E-state index is 12.5. The van der Waals surface area contributed by atoms with E-state index in [1.54, 1.807) is 30.6 Å². The second-order valence-electron chi connectivity index (χ2n) is 6.63. The van der Waals surface area contributed by atoms with Gasteiger partial charge in [-0.25, -0.2) is 5.32 Å². The second kappa shape index (κ2) is 7.10. The van der Waals surface area contributed by atoms with Crippen molar-refractivity contribution >= 4 is 46.5 Å². The minimum Gasteiger partial charge on any atom is -0.358 e. The summed E-state index contributed by atoms with van der Waals surface area (Å²) in [6.07, 6.45) is 5.03. The van der Waals surface area contributed by atoms with Crippen LogP contribution in [0.5, 0.6) is 0 Å². The molecular weight excluding hydrogens is 393 g/mol. The number of rotatable bonds is 2. The normalized spacial score (nSPS) is 18.1. The average Bonchev–Trinajstić information content (AvgIpc) is 2.85. The number of aromatic nitrogens is 1. The summed E-state index contributed by atoms with van der Waals surface area (Å²) in [5.74, 6) is 0. The lowest BCUT2D eigenvalue weighted by Crippen LogP contribution is -2.55. The third-order valence-corrected chi connectivity index (χ3v) is 5.16. The number of allylic oxidation sites excluding steroid dienone is 1. The van der Waals surface area contributed by atoms with Crippen LogP contribution in [0, 0.1) is 0 Å². The first-order valence-corrected chi connectivity index (χ1v) is 9.26. The maximum absolute atomic E-state index is 12.5. The van der Waals surface area contributed by atoms with E-state index in [-0.39, 0.29) is 11.4 Å². The summed E-state index contributed by atoms with van der Waals surface area (Å²) in [5, 5.41) is 6.14. The molecule has 1 aliphatic rings. The van der Waals surface area contributed by atoms with Gasteiger partial charge in [0.15, 0.2) is 6.04 Å². The minimum atomic E-state index is -1.70. The zero-order chi connectivity index (χ0) is 18.9. The summed E-state index contributed by atoms with van der Waals surface area (Å²) in [5.41, 5.74) is 2.73. The summed E-state index contributed by atoms with van der Waals surface area (Å²) in [4.78, 5) is 12.5. The van der Waals surface area contributed by atoms with Crippen LogP contribution in [0.2, 0.25) is 0 Å². The van der Waals surface area contributed by atoms with Gasteiger partial charge in [-0.1, -0.05) is 72.9 Å². The molecule has 0 radical (unpaired) electrons. The van der Waals surface area contributed by atoms with E-state index in [4.69, 9.17) is 34.8 Å². The van der Waals surface area contributed by atoms with Crippen molar-refractivity contribution in [2.45, 2.75) is 29.1 Å². The van der Waals surface area contributed by atoms with E-state index < -0.39 is 9.83 Å². The van der Waals surface area contributed by atoms with E-state index in [0.717, 1.165) is 16.9 Å². The average molecular weight is 412 g/mol. The highest BCUT2D eigenvalue weighted by Crippen LogP contribution is 2.44. The molecule has 0 fully saturated rings. The van der Waals surface area contributed by atoms with Crippen molar-refractivity contribution in [3.63, 3.8) is 0 Å². The predicted molar refractivity (Wildman–Crippen MR) is 106 cm³/mol. The fourth-order valence-electron chi connectivity index (χ4n) is 2.96. The largest absolute Gasteiger partial charge is 0.496 e. The highest BCUT2D eigenvalue weighted by Gasteiger charge is 2.41. The Bertz CT molecular complexity index is 845. The fraction of sp³-hybridized carbons (Fsp3) is 0.263. The number of pyridine rings is 1. The number of carbonyl (C=O) groups excluding carboxylic acids is 1. The summed E-state index contributed by atoms with van der Waals surface area (Å²) in [7, 11) is 0. The number of hydrogen-bond donors (Lipinski definition) is 2. The number of nitrogens with one attached hydrogen (secondary N) is 2. The number of halogens is 3. The van der Waals surface area contributed by atoms with Gasteiger partial charge in [0.05, 0.1) is 12.4 Å². The first-order chi connectivity index (χ1) is 12.2. The van der Waals surface area contributed by atoms with Gasteiger partial charge in [0.25, 0.3) is 0 Å². The number of alkyl halides is 3. The Morgan fingerprint density at radius 3 is 2.42 bits per heavy atom. The molecule has 0 saturated carbocycles. The Labute approximate surface area is 167 Å². The quantitative estimate of drug-likeness (QED) is 0.562. The van der Waals surface area contributed by atoms with Crippen LogP contribution in [0.3, 0.4) is 0 Å². The molecule has 26 heavy (non-hydrogen) atoms. The number of amides is 1. The van der Waals surface area contributed by atoms with Gasteiger partial charge in [-0.05, 0) is 29.8 Å². The van der Waals surface area contributed by atoms with Crippen LogP contribution < -0.4 is 15.2 Å². The first kappa shape index (κ1) is 19.0. The Balaban J connectivity index is 1.91. The number of hydrogen-bond acceptors (Lipinski definition) is 2. The Hall–Kier alpha value is -1.75.